The third kappa shape index (κ3) is 2.55. The van der Waals surface area contributed by atoms with E-state index in [1.165, 1.54) is 0 Å². The first-order valence-electron chi connectivity index (χ1n) is 6.28. The molecule has 0 amide bonds. The van der Waals surface area contributed by atoms with Crippen LogP contribution in [0.3, 0.4) is 0 Å². The lowest BCUT2D eigenvalue weighted by Gasteiger charge is -2.07. The Balaban J connectivity index is 1.87. The van der Waals surface area contributed by atoms with Crippen molar-refractivity contribution in [2.24, 2.45) is 0 Å². The summed E-state index contributed by atoms with van der Waals surface area (Å²) in [6, 6.07) is 2.00. The summed E-state index contributed by atoms with van der Waals surface area (Å²) < 4.78 is 5.08. The van der Waals surface area contributed by atoms with Gasteiger partial charge in [0.1, 0.15) is 10.6 Å². The van der Waals surface area contributed by atoms with E-state index in [1.54, 1.807) is 18.3 Å². The molecule has 3 rings (SSSR count). The summed E-state index contributed by atoms with van der Waals surface area (Å²) >= 11 is 1.58. The van der Waals surface area contributed by atoms with E-state index < -0.39 is 0 Å². The number of hydrogen-bond acceptors (Lipinski definition) is 8. The summed E-state index contributed by atoms with van der Waals surface area (Å²) in [5.74, 6) is 2.54. The molecule has 0 saturated carbocycles. The highest BCUT2D eigenvalue weighted by Gasteiger charge is 2.10. The molecule has 7 nitrogen and oxygen atoms in total. The summed E-state index contributed by atoms with van der Waals surface area (Å²) in [7, 11) is 0. The van der Waals surface area contributed by atoms with Gasteiger partial charge < -0.3 is 15.2 Å². The van der Waals surface area contributed by atoms with Crippen molar-refractivity contribution in [1.82, 2.24) is 20.1 Å². The van der Waals surface area contributed by atoms with Crippen molar-refractivity contribution in [3.05, 3.63) is 23.2 Å². The van der Waals surface area contributed by atoms with Gasteiger partial charge in [0, 0.05) is 6.54 Å². The SMILES string of the molecule is CCNc1nc(NCc2nc(C)no2)c2ccsc2n1. The van der Waals surface area contributed by atoms with Crippen LogP contribution in [-0.4, -0.2) is 26.7 Å². The third-order valence-electron chi connectivity index (χ3n) is 2.64. The quantitative estimate of drug-likeness (QED) is 0.746. The normalized spacial score (nSPS) is 10.9. The molecule has 104 valence electrons. The first-order valence-corrected chi connectivity index (χ1v) is 7.16. The highest BCUT2D eigenvalue weighted by atomic mass is 32.1. The Labute approximate surface area is 119 Å². The van der Waals surface area contributed by atoms with E-state index in [9.17, 15) is 0 Å². The number of nitrogens with one attached hydrogen (secondary N) is 2. The molecule has 20 heavy (non-hydrogen) atoms. The van der Waals surface area contributed by atoms with Gasteiger partial charge in [-0.3, -0.25) is 0 Å². The maximum Gasteiger partial charge on any atom is 0.245 e. The maximum absolute atomic E-state index is 5.08. The van der Waals surface area contributed by atoms with Crippen LogP contribution in [0.25, 0.3) is 10.2 Å². The summed E-state index contributed by atoms with van der Waals surface area (Å²) in [5, 5.41) is 13.1. The number of anilines is 2. The van der Waals surface area contributed by atoms with Gasteiger partial charge >= 0.3 is 0 Å². The largest absolute Gasteiger partial charge is 0.360 e. The lowest BCUT2D eigenvalue weighted by molar-refractivity contribution is 0.379. The molecule has 0 fully saturated rings. The van der Waals surface area contributed by atoms with E-state index in [4.69, 9.17) is 4.52 Å². The van der Waals surface area contributed by atoms with E-state index in [2.05, 4.69) is 30.7 Å². The minimum atomic E-state index is 0.439. The van der Waals surface area contributed by atoms with Gasteiger partial charge in [0.25, 0.3) is 0 Å². The Bertz CT molecular complexity index is 722. The highest BCUT2D eigenvalue weighted by molar-refractivity contribution is 7.16. The summed E-state index contributed by atoms with van der Waals surface area (Å²) in [6.07, 6.45) is 0. The Morgan fingerprint density at radius 3 is 2.90 bits per heavy atom. The van der Waals surface area contributed by atoms with Crippen molar-refractivity contribution in [2.75, 3.05) is 17.2 Å². The van der Waals surface area contributed by atoms with Gasteiger partial charge in [-0.15, -0.1) is 11.3 Å². The fraction of sp³-hybridized carbons (Fsp3) is 0.333. The van der Waals surface area contributed by atoms with Gasteiger partial charge in [-0.05, 0) is 25.3 Å². The summed E-state index contributed by atoms with van der Waals surface area (Å²) in [4.78, 5) is 14.0. The monoisotopic (exact) mass is 290 g/mol. The summed E-state index contributed by atoms with van der Waals surface area (Å²) in [5.41, 5.74) is 0. The topological polar surface area (TPSA) is 88.8 Å². The standard InChI is InChI=1S/C12H14N6OS/c1-3-13-12-16-10(8-4-5-20-11(8)17-12)14-6-9-15-7(2)18-19-9/h4-5H,3,6H2,1-2H3,(H2,13,14,16,17). The zero-order valence-electron chi connectivity index (χ0n) is 11.2. The van der Waals surface area contributed by atoms with E-state index in [0.717, 1.165) is 22.6 Å². The number of nitrogens with zero attached hydrogens (tertiary/aromatic N) is 4. The number of hydrogen-bond donors (Lipinski definition) is 2. The van der Waals surface area contributed by atoms with Crippen LogP contribution in [0.1, 0.15) is 18.6 Å². The first-order chi connectivity index (χ1) is 9.76. The molecule has 2 N–H and O–H groups in total. The summed E-state index contributed by atoms with van der Waals surface area (Å²) in [6.45, 7) is 5.02. The lowest BCUT2D eigenvalue weighted by atomic mass is 10.4. The fourth-order valence-corrected chi connectivity index (χ4v) is 2.56. The number of rotatable bonds is 5. The maximum atomic E-state index is 5.08. The number of fused-ring (bicyclic) bond motifs is 1. The van der Waals surface area contributed by atoms with Crippen LogP contribution in [0.15, 0.2) is 16.0 Å². The Morgan fingerprint density at radius 1 is 1.25 bits per heavy atom. The first kappa shape index (κ1) is 12.8. The molecule has 0 atom stereocenters. The van der Waals surface area contributed by atoms with Gasteiger partial charge in [-0.2, -0.15) is 9.97 Å². The third-order valence-corrected chi connectivity index (χ3v) is 3.44. The minimum Gasteiger partial charge on any atom is -0.360 e. The number of thiophene rings is 1. The predicted octanol–water partition coefficient (Wildman–Crippen LogP) is 2.43. The molecule has 0 radical (unpaired) electrons. The predicted molar refractivity (Wildman–Crippen MR) is 77.9 cm³/mol. The average Bonchev–Trinajstić information content (AvgIpc) is 3.05. The molecule has 0 aliphatic carbocycles. The van der Waals surface area contributed by atoms with Crippen molar-refractivity contribution in [3.63, 3.8) is 0 Å². The van der Waals surface area contributed by atoms with E-state index in [-0.39, 0.29) is 0 Å². The molecule has 0 spiro atoms. The molecule has 3 aromatic rings. The molecule has 3 heterocycles. The molecule has 0 aliphatic heterocycles. The van der Waals surface area contributed by atoms with Crippen molar-refractivity contribution >= 4 is 33.3 Å². The molecule has 0 aromatic carbocycles. The van der Waals surface area contributed by atoms with Crippen LogP contribution in [0.2, 0.25) is 0 Å². The van der Waals surface area contributed by atoms with Crippen molar-refractivity contribution in [1.29, 1.82) is 0 Å². The lowest BCUT2D eigenvalue weighted by Crippen LogP contribution is -2.07. The second kappa shape index (κ2) is 5.41. The minimum absolute atomic E-state index is 0.439. The molecule has 0 aliphatic rings. The van der Waals surface area contributed by atoms with Crippen LogP contribution in [-0.2, 0) is 6.54 Å². The van der Waals surface area contributed by atoms with Crippen LogP contribution in [0.4, 0.5) is 11.8 Å². The fourth-order valence-electron chi connectivity index (χ4n) is 1.80. The van der Waals surface area contributed by atoms with Crippen molar-refractivity contribution in [2.45, 2.75) is 20.4 Å². The van der Waals surface area contributed by atoms with E-state index >= 15 is 0 Å². The van der Waals surface area contributed by atoms with Crippen LogP contribution >= 0.6 is 11.3 Å². The van der Waals surface area contributed by atoms with Gasteiger partial charge in [0.2, 0.25) is 11.8 Å². The Hall–Kier alpha value is -2.22. The van der Waals surface area contributed by atoms with Crippen LogP contribution < -0.4 is 10.6 Å². The zero-order valence-corrected chi connectivity index (χ0v) is 12.0. The number of aryl methyl sites for hydroxylation is 1. The van der Waals surface area contributed by atoms with E-state index in [0.29, 0.717) is 24.2 Å². The Kier molecular flexibility index (Phi) is 3.46. The molecular formula is C12H14N6OS. The van der Waals surface area contributed by atoms with Gasteiger partial charge in [0.05, 0.1) is 11.9 Å². The average molecular weight is 290 g/mol. The van der Waals surface area contributed by atoms with Gasteiger partial charge in [0.15, 0.2) is 5.82 Å². The van der Waals surface area contributed by atoms with E-state index in [1.807, 2.05) is 18.4 Å². The second-order valence-corrected chi connectivity index (χ2v) is 5.05. The molecule has 0 unspecified atom stereocenters. The van der Waals surface area contributed by atoms with Crippen molar-refractivity contribution in [3.8, 4) is 0 Å². The van der Waals surface area contributed by atoms with Crippen molar-refractivity contribution < 1.29 is 4.52 Å². The van der Waals surface area contributed by atoms with Crippen LogP contribution in [0.5, 0.6) is 0 Å². The molecule has 0 saturated heterocycles. The smallest absolute Gasteiger partial charge is 0.245 e. The Morgan fingerprint density at radius 2 is 2.15 bits per heavy atom. The zero-order chi connectivity index (χ0) is 13.9. The number of aromatic nitrogens is 4. The molecular weight excluding hydrogens is 276 g/mol. The molecule has 0 bridgehead atoms. The van der Waals surface area contributed by atoms with Gasteiger partial charge in [-0.1, -0.05) is 5.16 Å². The highest BCUT2D eigenvalue weighted by Crippen LogP contribution is 2.26. The molecule has 8 heteroatoms. The second-order valence-electron chi connectivity index (χ2n) is 4.15. The van der Waals surface area contributed by atoms with Gasteiger partial charge in [-0.25, -0.2) is 4.98 Å². The molecule has 3 aromatic heterocycles. The van der Waals surface area contributed by atoms with Crippen LogP contribution in [0, 0.1) is 6.92 Å².